The van der Waals surface area contributed by atoms with Crippen molar-refractivity contribution in [2.24, 2.45) is 5.73 Å². The maximum atomic E-state index is 11.5. The number of amides is 1. The van der Waals surface area contributed by atoms with Gasteiger partial charge in [-0.05, 0) is 37.0 Å². The molecule has 0 saturated carbocycles. The molecule has 3 nitrogen and oxygen atoms in total. The number of rotatable bonds is 7. The molecule has 0 fully saturated rings. The van der Waals surface area contributed by atoms with E-state index in [0.29, 0.717) is 6.54 Å². The van der Waals surface area contributed by atoms with Crippen LogP contribution in [-0.2, 0) is 11.2 Å². The Morgan fingerprint density at radius 1 is 1.39 bits per heavy atom. The van der Waals surface area contributed by atoms with E-state index in [1.54, 1.807) is 0 Å². The number of benzene rings is 1. The molecule has 1 atom stereocenters. The van der Waals surface area contributed by atoms with Gasteiger partial charge in [0.15, 0.2) is 0 Å². The van der Waals surface area contributed by atoms with E-state index in [1.807, 2.05) is 31.2 Å². The lowest BCUT2D eigenvalue weighted by molar-refractivity contribution is -0.122. The highest BCUT2D eigenvalue weighted by molar-refractivity contribution is 6.30. The van der Waals surface area contributed by atoms with Crippen LogP contribution < -0.4 is 11.1 Å². The third-order valence-electron chi connectivity index (χ3n) is 2.79. The van der Waals surface area contributed by atoms with Gasteiger partial charge in [-0.15, -0.1) is 0 Å². The van der Waals surface area contributed by atoms with E-state index >= 15 is 0 Å². The number of hydrogen-bond acceptors (Lipinski definition) is 2. The topological polar surface area (TPSA) is 55.1 Å². The lowest BCUT2D eigenvalue weighted by Crippen LogP contribution is -2.40. The lowest BCUT2D eigenvalue weighted by Gasteiger charge is -2.10. The van der Waals surface area contributed by atoms with Crippen molar-refractivity contribution in [3.05, 3.63) is 34.9 Å². The van der Waals surface area contributed by atoms with Gasteiger partial charge in [0, 0.05) is 11.6 Å². The van der Waals surface area contributed by atoms with Crippen LogP contribution in [0.1, 0.15) is 31.7 Å². The van der Waals surface area contributed by atoms with Gasteiger partial charge in [-0.2, -0.15) is 0 Å². The van der Waals surface area contributed by atoms with E-state index in [0.717, 1.165) is 30.7 Å². The predicted molar refractivity (Wildman–Crippen MR) is 75.7 cm³/mol. The summed E-state index contributed by atoms with van der Waals surface area (Å²) in [5, 5.41) is 3.61. The van der Waals surface area contributed by atoms with E-state index in [2.05, 4.69) is 5.32 Å². The summed E-state index contributed by atoms with van der Waals surface area (Å²) < 4.78 is 0. The number of aryl methyl sites for hydroxylation is 1. The first-order chi connectivity index (χ1) is 8.63. The summed E-state index contributed by atoms with van der Waals surface area (Å²) in [6, 6.07) is 7.41. The molecule has 1 aromatic carbocycles. The molecule has 0 radical (unpaired) electrons. The Morgan fingerprint density at radius 2 is 2.06 bits per heavy atom. The molecule has 4 heteroatoms. The second kappa shape index (κ2) is 8.11. The van der Waals surface area contributed by atoms with E-state index in [1.165, 1.54) is 5.56 Å². The van der Waals surface area contributed by atoms with Crippen LogP contribution in [0.5, 0.6) is 0 Å². The van der Waals surface area contributed by atoms with Gasteiger partial charge < -0.3 is 11.1 Å². The van der Waals surface area contributed by atoms with Gasteiger partial charge in [0.05, 0.1) is 6.04 Å². The third kappa shape index (κ3) is 5.52. The Labute approximate surface area is 114 Å². The van der Waals surface area contributed by atoms with Crippen LogP contribution in [0.4, 0.5) is 0 Å². The van der Waals surface area contributed by atoms with Gasteiger partial charge in [0.1, 0.15) is 0 Å². The quantitative estimate of drug-likeness (QED) is 0.747. The minimum atomic E-state index is -0.370. The minimum absolute atomic E-state index is 0.0482. The Hall–Kier alpha value is -1.06. The molecule has 1 rings (SSSR count). The maximum absolute atomic E-state index is 11.5. The van der Waals surface area contributed by atoms with E-state index in [4.69, 9.17) is 17.3 Å². The summed E-state index contributed by atoms with van der Waals surface area (Å²) in [5.41, 5.74) is 6.94. The first kappa shape index (κ1) is 15.0. The van der Waals surface area contributed by atoms with Crippen LogP contribution in [-0.4, -0.2) is 18.5 Å². The summed E-state index contributed by atoms with van der Waals surface area (Å²) in [7, 11) is 0. The molecule has 0 aliphatic heterocycles. The molecule has 0 aliphatic carbocycles. The summed E-state index contributed by atoms with van der Waals surface area (Å²) >= 11 is 5.81. The van der Waals surface area contributed by atoms with Crippen LogP contribution in [0.25, 0.3) is 0 Å². The first-order valence-electron chi connectivity index (χ1n) is 6.41. The number of hydrogen-bond donors (Lipinski definition) is 2. The highest BCUT2D eigenvalue weighted by Crippen LogP contribution is 2.10. The average molecular weight is 269 g/mol. The zero-order chi connectivity index (χ0) is 13.4. The van der Waals surface area contributed by atoms with Crippen molar-refractivity contribution in [1.29, 1.82) is 0 Å². The van der Waals surface area contributed by atoms with Crippen molar-refractivity contribution < 1.29 is 4.79 Å². The average Bonchev–Trinajstić information content (AvgIpc) is 2.36. The van der Waals surface area contributed by atoms with Crippen molar-refractivity contribution in [1.82, 2.24) is 5.32 Å². The van der Waals surface area contributed by atoms with Crippen LogP contribution in [0.15, 0.2) is 24.3 Å². The van der Waals surface area contributed by atoms with Crippen molar-refractivity contribution in [3.8, 4) is 0 Å². The molecule has 0 bridgehead atoms. The SMILES string of the molecule is CCCC(N)C(=O)NCCCc1ccc(Cl)cc1. The number of carbonyl (C=O) groups is 1. The second-order valence-electron chi connectivity index (χ2n) is 4.42. The zero-order valence-corrected chi connectivity index (χ0v) is 11.5. The smallest absolute Gasteiger partial charge is 0.236 e. The Bertz CT molecular complexity index is 365. The minimum Gasteiger partial charge on any atom is -0.355 e. The van der Waals surface area contributed by atoms with Crippen LogP contribution >= 0.6 is 11.6 Å². The molecule has 1 unspecified atom stereocenters. The van der Waals surface area contributed by atoms with Crippen molar-refractivity contribution in [2.45, 2.75) is 38.6 Å². The molecular formula is C14H21ClN2O. The van der Waals surface area contributed by atoms with Crippen LogP contribution in [0, 0.1) is 0 Å². The predicted octanol–water partition coefficient (Wildman–Crippen LogP) is 2.52. The van der Waals surface area contributed by atoms with Crippen molar-refractivity contribution in [3.63, 3.8) is 0 Å². The highest BCUT2D eigenvalue weighted by atomic mass is 35.5. The lowest BCUT2D eigenvalue weighted by atomic mass is 10.1. The molecule has 100 valence electrons. The van der Waals surface area contributed by atoms with Gasteiger partial charge in [0.2, 0.25) is 5.91 Å². The monoisotopic (exact) mass is 268 g/mol. The molecular weight excluding hydrogens is 248 g/mol. The van der Waals surface area contributed by atoms with E-state index in [-0.39, 0.29) is 11.9 Å². The molecule has 0 heterocycles. The van der Waals surface area contributed by atoms with E-state index in [9.17, 15) is 4.79 Å². The first-order valence-corrected chi connectivity index (χ1v) is 6.79. The van der Waals surface area contributed by atoms with Gasteiger partial charge in [-0.3, -0.25) is 4.79 Å². The molecule has 0 aromatic heterocycles. The summed E-state index contributed by atoms with van der Waals surface area (Å²) in [6.45, 7) is 2.69. The van der Waals surface area contributed by atoms with Gasteiger partial charge >= 0.3 is 0 Å². The Balaban J connectivity index is 2.18. The maximum Gasteiger partial charge on any atom is 0.236 e. The number of nitrogens with one attached hydrogen (secondary N) is 1. The van der Waals surface area contributed by atoms with Gasteiger partial charge in [-0.1, -0.05) is 37.1 Å². The fourth-order valence-corrected chi connectivity index (χ4v) is 1.85. The molecule has 0 saturated heterocycles. The van der Waals surface area contributed by atoms with Crippen LogP contribution in [0.2, 0.25) is 5.02 Å². The normalized spacial score (nSPS) is 12.2. The molecule has 0 spiro atoms. The summed E-state index contributed by atoms with van der Waals surface area (Å²) in [5.74, 6) is -0.0482. The fraction of sp³-hybridized carbons (Fsp3) is 0.500. The number of carbonyl (C=O) groups excluding carboxylic acids is 1. The molecule has 3 N–H and O–H groups in total. The molecule has 1 aromatic rings. The third-order valence-corrected chi connectivity index (χ3v) is 3.04. The van der Waals surface area contributed by atoms with E-state index < -0.39 is 0 Å². The molecule has 1 amide bonds. The van der Waals surface area contributed by atoms with Crippen LogP contribution in [0.3, 0.4) is 0 Å². The van der Waals surface area contributed by atoms with Gasteiger partial charge in [0.25, 0.3) is 0 Å². The number of halogens is 1. The van der Waals surface area contributed by atoms with Crippen molar-refractivity contribution in [2.75, 3.05) is 6.54 Å². The summed E-state index contributed by atoms with van der Waals surface area (Å²) in [6.07, 6.45) is 3.51. The highest BCUT2D eigenvalue weighted by Gasteiger charge is 2.10. The number of nitrogens with two attached hydrogens (primary N) is 1. The standard InChI is InChI=1S/C14H21ClN2O/c1-2-4-13(16)14(18)17-10-3-5-11-6-8-12(15)9-7-11/h6-9,13H,2-5,10,16H2,1H3,(H,17,18). The fourth-order valence-electron chi connectivity index (χ4n) is 1.73. The zero-order valence-electron chi connectivity index (χ0n) is 10.8. The second-order valence-corrected chi connectivity index (χ2v) is 4.85. The Morgan fingerprint density at radius 3 is 2.67 bits per heavy atom. The molecule has 18 heavy (non-hydrogen) atoms. The largest absolute Gasteiger partial charge is 0.355 e. The summed E-state index contributed by atoms with van der Waals surface area (Å²) in [4.78, 5) is 11.5. The Kier molecular flexibility index (Phi) is 6.76. The molecule has 0 aliphatic rings. The van der Waals surface area contributed by atoms with Crippen molar-refractivity contribution >= 4 is 17.5 Å². The van der Waals surface area contributed by atoms with Gasteiger partial charge in [-0.25, -0.2) is 0 Å².